The molecule has 0 unspecified atom stereocenters. The van der Waals surface area contributed by atoms with Crippen molar-refractivity contribution in [2.45, 2.75) is 35.5 Å². The van der Waals surface area contributed by atoms with Crippen LogP contribution in [0.15, 0.2) is 152 Å². The van der Waals surface area contributed by atoms with Gasteiger partial charge in [-0.05, 0) is 72.2 Å². The number of fused-ring (bicyclic) bond motifs is 3. The quantitative estimate of drug-likeness (QED) is 0.207. The van der Waals surface area contributed by atoms with Crippen molar-refractivity contribution in [3.8, 4) is 0 Å². The van der Waals surface area contributed by atoms with E-state index in [4.69, 9.17) is 8.80 Å². The van der Waals surface area contributed by atoms with E-state index in [1.54, 1.807) is 0 Å². The van der Waals surface area contributed by atoms with Crippen molar-refractivity contribution in [2.24, 2.45) is 8.80 Å². The Labute approximate surface area is 245 Å². The monoisotopic (exact) mass is 554 g/mol. The van der Waals surface area contributed by atoms with Gasteiger partial charge in [0.2, 0.25) is 0 Å². The Balaban J connectivity index is 1.45. The molecule has 9 rings (SSSR count). The Kier molecular flexibility index (Phi) is 8.57. The van der Waals surface area contributed by atoms with Crippen LogP contribution >= 0.6 is 23.9 Å². The van der Waals surface area contributed by atoms with Crippen molar-refractivity contribution in [1.29, 1.82) is 0 Å². The Morgan fingerprint density at radius 2 is 0.650 bits per heavy atom. The molecule has 0 N–H and O–H groups in total. The average molecular weight is 555 g/mol. The SMILES string of the molecule is c1ccc(S/N=C2\C(=N/Sc3ccccc3)c3ccc(cc3)CCc3ccc(cc3)CCc3ccc2cc3)cc1. The summed E-state index contributed by atoms with van der Waals surface area (Å²) in [5.74, 6) is 0. The number of hydrogen-bond acceptors (Lipinski definition) is 4. The van der Waals surface area contributed by atoms with Gasteiger partial charge in [0.1, 0.15) is 11.4 Å². The molecule has 2 nitrogen and oxygen atoms in total. The molecule has 40 heavy (non-hydrogen) atoms. The summed E-state index contributed by atoms with van der Waals surface area (Å²) in [5, 5.41) is 0. The van der Waals surface area contributed by atoms with Crippen molar-refractivity contribution >= 4 is 35.3 Å². The molecular weight excluding hydrogens is 525 g/mol. The zero-order valence-electron chi connectivity index (χ0n) is 22.2. The highest BCUT2D eigenvalue weighted by molar-refractivity contribution is 7.98. The normalized spacial score (nSPS) is 15.4. The van der Waals surface area contributed by atoms with Crippen LogP contribution in [0.5, 0.6) is 0 Å². The molecular formula is C36H30N2S2. The van der Waals surface area contributed by atoms with Crippen LogP contribution in [0.3, 0.4) is 0 Å². The van der Waals surface area contributed by atoms with Gasteiger partial charge in [-0.25, -0.2) is 8.80 Å². The molecule has 0 spiro atoms. The average Bonchev–Trinajstić information content (AvgIpc) is 3.02. The summed E-state index contributed by atoms with van der Waals surface area (Å²) in [6.07, 6.45) is 4.09. The molecule has 0 aromatic heterocycles. The molecule has 0 saturated heterocycles. The van der Waals surface area contributed by atoms with E-state index in [1.165, 1.54) is 46.1 Å². The summed E-state index contributed by atoms with van der Waals surface area (Å²) in [7, 11) is 0. The maximum Gasteiger partial charge on any atom is 0.106 e. The number of rotatable bonds is 4. The van der Waals surface area contributed by atoms with E-state index in [2.05, 4.69) is 97.1 Å². The fourth-order valence-corrected chi connectivity index (χ4v) is 6.07. The van der Waals surface area contributed by atoms with Crippen LogP contribution in [0.1, 0.15) is 33.4 Å². The summed E-state index contributed by atoms with van der Waals surface area (Å²) in [6, 6.07) is 47.5. The van der Waals surface area contributed by atoms with Gasteiger partial charge in [0.15, 0.2) is 0 Å². The van der Waals surface area contributed by atoms with Gasteiger partial charge >= 0.3 is 0 Å². The molecule has 5 aromatic carbocycles. The number of hydrogen-bond donors (Lipinski definition) is 0. The lowest BCUT2D eigenvalue weighted by atomic mass is 9.95. The minimum atomic E-state index is 0.882. The molecule has 0 saturated carbocycles. The lowest BCUT2D eigenvalue weighted by molar-refractivity contribution is 0.940. The van der Waals surface area contributed by atoms with Crippen LogP contribution in [0.25, 0.3) is 0 Å². The topological polar surface area (TPSA) is 24.7 Å². The summed E-state index contributed by atoms with van der Waals surface area (Å²) < 4.78 is 10.2. The number of aryl methyl sites for hydroxylation is 4. The molecule has 0 atom stereocenters. The first-order valence-corrected chi connectivity index (χ1v) is 15.2. The van der Waals surface area contributed by atoms with Gasteiger partial charge in [-0.2, -0.15) is 0 Å². The van der Waals surface area contributed by atoms with E-state index in [1.807, 2.05) is 36.4 Å². The third-order valence-corrected chi connectivity index (χ3v) is 8.59. The predicted molar refractivity (Wildman–Crippen MR) is 172 cm³/mol. The Hall–Kier alpha value is -3.86. The van der Waals surface area contributed by atoms with Gasteiger partial charge in [-0.1, -0.05) is 109 Å². The molecule has 4 aliphatic rings. The second kappa shape index (κ2) is 13.0. The first kappa shape index (κ1) is 26.4. The van der Waals surface area contributed by atoms with Crippen molar-refractivity contribution < 1.29 is 0 Å². The summed E-state index contributed by atoms with van der Waals surface area (Å²) >= 11 is 2.99. The third kappa shape index (κ3) is 6.82. The molecule has 0 fully saturated rings. The fraction of sp³-hybridized carbons (Fsp3) is 0.111. The minimum absolute atomic E-state index is 0.882. The molecule has 196 valence electrons. The second-order valence-corrected chi connectivity index (χ2v) is 11.6. The van der Waals surface area contributed by atoms with Crippen molar-refractivity contribution in [2.75, 3.05) is 0 Å². The molecule has 0 heterocycles. The molecule has 0 aliphatic heterocycles. The molecule has 5 aromatic rings. The Morgan fingerprint density at radius 1 is 0.350 bits per heavy atom. The maximum atomic E-state index is 5.12. The Bertz CT molecular complexity index is 1470. The van der Waals surface area contributed by atoms with Crippen LogP contribution < -0.4 is 0 Å². The largest absolute Gasteiger partial charge is 0.209 e. The zero-order chi connectivity index (χ0) is 27.0. The van der Waals surface area contributed by atoms with Gasteiger partial charge < -0.3 is 0 Å². The first-order valence-electron chi connectivity index (χ1n) is 13.7. The molecule has 4 aliphatic carbocycles. The first-order chi connectivity index (χ1) is 19.8. The van der Waals surface area contributed by atoms with Crippen LogP contribution in [-0.4, -0.2) is 11.4 Å². The lowest BCUT2D eigenvalue weighted by Gasteiger charge is -2.13. The predicted octanol–water partition coefficient (Wildman–Crippen LogP) is 9.26. The standard InChI is InChI=1S/C36H30N2S2/c1-3-7-33(8-4-1)39-37-35-31-23-19-29(20-24-31)17-15-27-11-13-28(14-12-27)16-18-30-21-25-32(26-22-30)36(35)38-40-34-9-5-2-6-10-34/h1-14,19-26H,15-18H2/b37-35-,38-36-. The summed E-state index contributed by atoms with van der Waals surface area (Å²) in [5.41, 5.74) is 9.30. The smallest absolute Gasteiger partial charge is 0.106 e. The highest BCUT2D eigenvalue weighted by atomic mass is 32.2. The van der Waals surface area contributed by atoms with Crippen LogP contribution in [0.2, 0.25) is 0 Å². The van der Waals surface area contributed by atoms with E-state index >= 15 is 0 Å². The van der Waals surface area contributed by atoms with Crippen molar-refractivity contribution in [3.63, 3.8) is 0 Å². The summed E-state index contributed by atoms with van der Waals surface area (Å²) in [4.78, 5) is 2.20. The number of benzene rings is 5. The minimum Gasteiger partial charge on any atom is -0.209 e. The van der Waals surface area contributed by atoms with E-state index in [0.717, 1.165) is 58.0 Å². The molecule has 0 radical (unpaired) electrons. The van der Waals surface area contributed by atoms with E-state index in [0.29, 0.717) is 0 Å². The van der Waals surface area contributed by atoms with Crippen molar-refractivity contribution in [1.82, 2.24) is 0 Å². The van der Waals surface area contributed by atoms with Crippen molar-refractivity contribution in [3.05, 3.63) is 167 Å². The Morgan fingerprint density at radius 3 is 0.975 bits per heavy atom. The molecule has 0 amide bonds. The lowest BCUT2D eigenvalue weighted by Crippen LogP contribution is -2.17. The van der Waals surface area contributed by atoms with Gasteiger partial charge in [0.05, 0.1) is 0 Å². The van der Waals surface area contributed by atoms with Gasteiger partial charge in [0, 0.05) is 44.8 Å². The zero-order valence-corrected chi connectivity index (χ0v) is 23.9. The van der Waals surface area contributed by atoms with Crippen LogP contribution in [0, 0.1) is 0 Å². The third-order valence-electron chi connectivity index (χ3n) is 7.08. The highest BCUT2D eigenvalue weighted by Gasteiger charge is 2.17. The van der Waals surface area contributed by atoms with Gasteiger partial charge in [0.25, 0.3) is 0 Å². The van der Waals surface area contributed by atoms with Gasteiger partial charge in [-0.3, -0.25) is 0 Å². The fourth-order valence-electron chi connectivity index (χ4n) is 4.73. The van der Waals surface area contributed by atoms with E-state index in [-0.39, 0.29) is 0 Å². The van der Waals surface area contributed by atoms with Crippen LogP contribution in [-0.2, 0) is 25.7 Å². The van der Waals surface area contributed by atoms with E-state index in [9.17, 15) is 0 Å². The second-order valence-electron chi connectivity index (χ2n) is 9.90. The highest BCUT2D eigenvalue weighted by Crippen LogP contribution is 2.26. The number of nitrogens with zero attached hydrogens (tertiary/aromatic N) is 2. The van der Waals surface area contributed by atoms with Gasteiger partial charge in [-0.15, -0.1) is 0 Å². The summed E-state index contributed by atoms with van der Waals surface area (Å²) in [6.45, 7) is 0. The van der Waals surface area contributed by atoms with Crippen LogP contribution in [0.4, 0.5) is 0 Å². The maximum absolute atomic E-state index is 5.12. The molecule has 6 bridgehead atoms. The molecule has 4 heteroatoms. The van der Waals surface area contributed by atoms with E-state index < -0.39 is 0 Å².